The van der Waals surface area contributed by atoms with Gasteiger partial charge in [-0.15, -0.1) is 0 Å². The quantitative estimate of drug-likeness (QED) is 0.802. The Bertz CT molecular complexity index is 647. The SMILES string of the molecule is O=C(O)CCCC(=O)c1ccc(-c2ccccc2Cl)cc1. The number of aliphatic carboxylic acids is 1. The molecule has 0 heterocycles. The van der Waals surface area contributed by atoms with E-state index < -0.39 is 5.97 Å². The number of hydrogen-bond donors (Lipinski definition) is 1. The molecule has 2 rings (SSSR count). The van der Waals surface area contributed by atoms with Gasteiger partial charge in [0.05, 0.1) is 0 Å². The van der Waals surface area contributed by atoms with Gasteiger partial charge in [0.2, 0.25) is 0 Å². The van der Waals surface area contributed by atoms with Crippen LogP contribution in [0.5, 0.6) is 0 Å². The van der Waals surface area contributed by atoms with Crippen molar-refractivity contribution in [2.24, 2.45) is 0 Å². The van der Waals surface area contributed by atoms with Crippen molar-refractivity contribution in [3.8, 4) is 11.1 Å². The fourth-order valence-electron chi connectivity index (χ4n) is 2.08. The van der Waals surface area contributed by atoms with Crippen molar-refractivity contribution in [3.63, 3.8) is 0 Å². The van der Waals surface area contributed by atoms with Crippen LogP contribution in [-0.4, -0.2) is 16.9 Å². The molecule has 0 unspecified atom stereocenters. The number of Topliss-reactive ketones (excluding diaryl/α,β-unsaturated/α-hetero) is 1. The van der Waals surface area contributed by atoms with Gasteiger partial charge < -0.3 is 5.11 Å². The Kier molecular flexibility index (Phi) is 5.12. The second kappa shape index (κ2) is 7.04. The molecule has 108 valence electrons. The summed E-state index contributed by atoms with van der Waals surface area (Å²) in [6.45, 7) is 0. The van der Waals surface area contributed by atoms with Crippen LogP contribution in [0.3, 0.4) is 0 Å². The Morgan fingerprint density at radius 2 is 1.62 bits per heavy atom. The first-order valence-corrected chi connectivity index (χ1v) is 7.05. The standard InChI is InChI=1S/C17H15ClO3/c18-15-5-2-1-4-14(15)12-8-10-13(11-9-12)16(19)6-3-7-17(20)21/h1-2,4-5,8-11H,3,6-7H2,(H,20,21). The topological polar surface area (TPSA) is 54.4 Å². The number of halogens is 1. The Morgan fingerprint density at radius 1 is 0.952 bits per heavy atom. The average Bonchev–Trinajstić information content (AvgIpc) is 2.47. The molecular formula is C17H15ClO3. The molecule has 0 aliphatic rings. The third-order valence-corrected chi connectivity index (χ3v) is 3.52. The normalized spacial score (nSPS) is 10.3. The maximum atomic E-state index is 11.9. The highest BCUT2D eigenvalue weighted by atomic mass is 35.5. The molecule has 0 spiro atoms. The number of carboxylic acid groups (broad SMARTS) is 1. The van der Waals surface area contributed by atoms with Gasteiger partial charge in [-0.3, -0.25) is 9.59 Å². The van der Waals surface area contributed by atoms with E-state index in [4.69, 9.17) is 16.7 Å². The second-order valence-corrected chi connectivity index (χ2v) is 5.13. The van der Waals surface area contributed by atoms with Crippen molar-refractivity contribution >= 4 is 23.4 Å². The van der Waals surface area contributed by atoms with Crippen molar-refractivity contribution < 1.29 is 14.7 Å². The minimum Gasteiger partial charge on any atom is -0.481 e. The fraction of sp³-hybridized carbons (Fsp3) is 0.176. The maximum Gasteiger partial charge on any atom is 0.303 e. The lowest BCUT2D eigenvalue weighted by Crippen LogP contribution is -2.01. The van der Waals surface area contributed by atoms with Gasteiger partial charge in [0.1, 0.15) is 0 Å². The van der Waals surface area contributed by atoms with Crippen LogP contribution >= 0.6 is 11.6 Å². The lowest BCUT2D eigenvalue weighted by molar-refractivity contribution is -0.137. The molecule has 0 atom stereocenters. The molecule has 0 bridgehead atoms. The van der Waals surface area contributed by atoms with Crippen LogP contribution in [0, 0.1) is 0 Å². The molecule has 0 amide bonds. The summed E-state index contributed by atoms with van der Waals surface area (Å²) in [6, 6.07) is 14.7. The molecule has 21 heavy (non-hydrogen) atoms. The van der Waals surface area contributed by atoms with E-state index in [2.05, 4.69) is 0 Å². The first kappa shape index (κ1) is 15.3. The Hall–Kier alpha value is -2.13. The van der Waals surface area contributed by atoms with Gasteiger partial charge in [-0.2, -0.15) is 0 Å². The predicted molar refractivity (Wildman–Crippen MR) is 82.7 cm³/mol. The number of benzene rings is 2. The predicted octanol–water partition coefficient (Wildman–Crippen LogP) is 4.44. The number of carbonyl (C=O) groups is 2. The van der Waals surface area contributed by atoms with Gasteiger partial charge in [0.15, 0.2) is 5.78 Å². The first-order valence-electron chi connectivity index (χ1n) is 6.68. The van der Waals surface area contributed by atoms with Crippen LogP contribution in [0.25, 0.3) is 11.1 Å². The Labute approximate surface area is 128 Å². The van der Waals surface area contributed by atoms with Gasteiger partial charge in [0.25, 0.3) is 0 Å². The van der Waals surface area contributed by atoms with Crippen LogP contribution < -0.4 is 0 Å². The van der Waals surface area contributed by atoms with E-state index in [1.165, 1.54) is 0 Å². The van der Waals surface area contributed by atoms with Crippen LogP contribution in [0.15, 0.2) is 48.5 Å². The number of rotatable bonds is 6. The zero-order valence-electron chi connectivity index (χ0n) is 11.4. The smallest absolute Gasteiger partial charge is 0.303 e. The zero-order chi connectivity index (χ0) is 15.2. The molecule has 2 aromatic rings. The van der Waals surface area contributed by atoms with Gasteiger partial charge in [0, 0.05) is 29.0 Å². The molecule has 0 saturated heterocycles. The number of ketones is 1. The van der Waals surface area contributed by atoms with E-state index in [1.54, 1.807) is 12.1 Å². The minimum atomic E-state index is -0.878. The maximum absolute atomic E-state index is 11.9. The van der Waals surface area contributed by atoms with Crippen molar-refractivity contribution in [3.05, 3.63) is 59.1 Å². The van der Waals surface area contributed by atoms with Crippen LogP contribution in [0.1, 0.15) is 29.6 Å². The molecule has 1 N–H and O–H groups in total. The van der Waals surface area contributed by atoms with Gasteiger partial charge >= 0.3 is 5.97 Å². The van der Waals surface area contributed by atoms with Gasteiger partial charge in [-0.25, -0.2) is 0 Å². The molecule has 4 heteroatoms. The lowest BCUT2D eigenvalue weighted by Gasteiger charge is -2.05. The summed E-state index contributed by atoms with van der Waals surface area (Å²) in [4.78, 5) is 22.3. The Balaban J connectivity index is 2.07. The van der Waals surface area contributed by atoms with Crippen molar-refractivity contribution in [1.29, 1.82) is 0 Å². The third kappa shape index (κ3) is 4.17. The summed E-state index contributed by atoms with van der Waals surface area (Å²) in [5, 5.41) is 9.23. The lowest BCUT2D eigenvalue weighted by atomic mass is 10.0. The number of carboxylic acids is 1. The zero-order valence-corrected chi connectivity index (χ0v) is 12.1. The van der Waals surface area contributed by atoms with Crippen LogP contribution in [0.2, 0.25) is 5.02 Å². The van der Waals surface area contributed by atoms with Crippen molar-refractivity contribution in [2.45, 2.75) is 19.3 Å². The monoisotopic (exact) mass is 302 g/mol. The molecule has 0 aromatic heterocycles. The summed E-state index contributed by atoms with van der Waals surface area (Å²) in [5.74, 6) is -0.918. The number of hydrogen-bond acceptors (Lipinski definition) is 2. The fourth-order valence-corrected chi connectivity index (χ4v) is 2.32. The highest BCUT2D eigenvalue weighted by Crippen LogP contribution is 2.27. The first-order chi connectivity index (χ1) is 10.1. The molecule has 3 nitrogen and oxygen atoms in total. The summed E-state index contributed by atoms with van der Waals surface area (Å²) in [5.41, 5.74) is 2.46. The van der Waals surface area contributed by atoms with E-state index in [9.17, 15) is 9.59 Å². The average molecular weight is 303 g/mol. The molecular weight excluding hydrogens is 288 g/mol. The van der Waals surface area contributed by atoms with Crippen LogP contribution in [0.4, 0.5) is 0 Å². The van der Waals surface area contributed by atoms with E-state index >= 15 is 0 Å². The minimum absolute atomic E-state index is 0.0173. The van der Waals surface area contributed by atoms with Gasteiger partial charge in [-0.1, -0.05) is 54.1 Å². The highest BCUT2D eigenvalue weighted by molar-refractivity contribution is 6.33. The second-order valence-electron chi connectivity index (χ2n) is 4.73. The molecule has 0 aliphatic heterocycles. The summed E-state index contributed by atoms with van der Waals surface area (Å²) < 4.78 is 0. The molecule has 0 saturated carbocycles. The van der Waals surface area contributed by atoms with Crippen LogP contribution in [-0.2, 0) is 4.79 Å². The van der Waals surface area contributed by atoms with E-state index in [0.29, 0.717) is 17.0 Å². The largest absolute Gasteiger partial charge is 0.481 e. The third-order valence-electron chi connectivity index (χ3n) is 3.19. The van der Waals surface area contributed by atoms with Gasteiger partial charge in [-0.05, 0) is 18.1 Å². The van der Waals surface area contributed by atoms with E-state index in [-0.39, 0.29) is 18.6 Å². The summed E-state index contributed by atoms with van der Waals surface area (Å²) in [6.07, 6.45) is 0.627. The van der Waals surface area contributed by atoms with Crippen molar-refractivity contribution in [2.75, 3.05) is 0 Å². The highest BCUT2D eigenvalue weighted by Gasteiger charge is 2.08. The summed E-state index contributed by atoms with van der Waals surface area (Å²) in [7, 11) is 0. The van der Waals surface area contributed by atoms with E-state index in [1.807, 2.05) is 36.4 Å². The molecule has 2 aromatic carbocycles. The molecule has 0 radical (unpaired) electrons. The molecule has 0 aliphatic carbocycles. The molecule has 0 fully saturated rings. The Morgan fingerprint density at radius 3 is 2.24 bits per heavy atom. The summed E-state index contributed by atoms with van der Waals surface area (Å²) >= 11 is 6.14. The van der Waals surface area contributed by atoms with Crippen molar-refractivity contribution in [1.82, 2.24) is 0 Å². The number of carbonyl (C=O) groups excluding carboxylic acids is 1. The van der Waals surface area contributed by atoms with E-state index in [0.717, 1.165) is 11.1 Å².